The fourth-order valence-electron chi connectivity index (χ4n) is 2.27. The number of rotatable bonds is 12. The molecule has 0 aliphatic heterocycles. The van der Waals surface area contributed by atoms with Gasteiger partial charge in [0.05, 0.1) is 0 Å². The zero-order valence-corrected chi connectivity index (χ0v) is 14.7. The summed E-state index contributed by atoms with van der Waals surface area (Å²) in [5.41, 5.74) is 0. The molecular formula is C16H37NSi. The van der Waals surface area contributed by atoms with Crippen LogP contribution >= 0.6 is 0 Å². The Hall–Kier alpha value is 0.177. The summed E-state index contributed by atoms with van der Waals surface area (Å²) in [6.07, 6.45) is 14.5. The number of nitrogens with zero attached hydrogens (tertiary/aromatic N) is 1. The van der Waals surface area contributed by atoms with Crippen molar-refractivity contribution in [3.8, 4) is 0 Å². The first-order valence-corrected chi connectivity index (χ1v) is 11.3. The molecule has 0 bridgehead atoms. The quantitative estimate of drug-likeness (QED) is 0.326. The first kappa shape index (κ1) is 18.2. The van der Waals surface area contributed by atoms with E-state index in [1.807, 2.05) is 0 Å². The van der Waals surface area contributed by atoms with Gasteiger partial charge in [0.2, 0.25) is 0 Å². The highest BCUT2D eigenvalue weighted by molar-refractivity contribution is 6.74. The highest BCUT2D eigenvalue weighted by Crippen LogP contribution is 2.18. The Labute approximate surface area is 117 Å². The van der Waals surface area contributed by atoms with Gasteiger partial charge in [-0.15, -0.1) is 0 Å². The molecule has 0 atom stereocenters. The standard InChI is InChI=1S/C16H37NSi/c1-6-7-8-9-10-11-12-13-14-15-16-18(4,5)17(2)3/h6-16H2,1-5H3. The maximum atomic E-state index is 2.49. The molecule has 0 saturated heterocycles. The number of unbranched alkanes of at least 4 members (excludes halogenated alkanes) is 9. The zero-order valence-electron chi connectivity index (χ0n) is 13.7. The van der Waals surface area contributed by atoms with Gasteiger partial charge in [-0.05, 0) is 20.1 Å². The summed E-state index contributed by atoms with van der Waals surface area (Å²) >= 11 is 0. The maximum Gasteiger partial charge on any atom is 0.121 e. The van der Waals surface area contributed by atoms with Gasteiger partial charge in [-0.2, -0.15) is 0 Å². The van der Waals surface area contributed by atoms with Crippen molar-refractivity contribution in [2.45, 2.75) is 90.3 Å². The first-order chi connectivity index (χ1) is 8.50. The fourth-order valence-corrected chi connectivity index (χ4v) is 3.83. The zero-order chi connectivity index (χ0) is 13.9. The molecule has 0 aromatic heterocycles. The topological polar surface area (TPSA) is 3.24 Å². The molecule has 0 heterocycles. The Morgan fingerprint density at radius 3 is 1.44 bits per heavy atom. The Balaban J connectivity index is 3.21. The molecule has 1 nitrogen and oxygen atoms in total. The molecule has 0 N–H and O–H groups in total. The van der Waals surface area contributed by atoms with Gasteiger partial charge < -0.3 is 4.57 Å². The minimum atomic E-state index is -1.04. The lowest BCUT2D eigenvalue weighted by Crippen LogP contribution is -2.43. The van der Waals surface area contributed by atoms with Crippen LogP contribution in [0.5, 0.6) is 0 Å². The van der Waals surface area contributed by atoms with Gasteiger partial charge in [0.1, 0.15) is 8.24 Å². The summed E-state index contributed by atoms with van der Waals surface area (Å²) in [7, 11) is 3.47. The maximum absolute atomic E-state index is 2.49. The van der Waals surface area contributed by atoms with Crippen LogP contribution in [0.4, 0.5) is 0 Å². The van der Waals surface area contributed by atoms with Crippen molar-refractivity contribution >= 4 is 8.24 Å². The minimum Gasteiger partial charge on any atom is -0.329 e. The van der Waals surface area contributed by atoms with Gasteiger partial charge in [0.15, 0.2) is 0 Å². The molecule has 0 spiro atoms. The van der Waals surface area contributed by atoms with Crippen LogP contribution in [0.3, 0.4) is 0 Å². The van der Waals surface area contributed by atoms with Crippen molar-refractivity contribution in [3.05, 3.63) is 0 Å². The SMILES string of the molecule is CCCCCCCCCCCC[Si](C)(C)N(C)C. The third-order valence-electron chi connectivity index (χ3n) is 4.35. The molecular weight excluding hydrogens is 234 g/mol. The third kappa shape index (κ3) is 10.1. The monoisotopic (exact) mass is 271 g/mol. The lowest BCUT2D eigenvalue weighted by Gasteiger charge is -2.30. The highest BCUT2D eigenvalue weighted by atomic mass is 28.3. The summed E-state index contributed by atoms with van der Waals surface area (Å²) < 4.78 is 2.49. The van der Waals surface area contributed by atoms with Crippen LogP contribution in [-0.2, 0) is 0 Å². The third-order valence-corrected chi connectivity index (χ3v) is 8.35. The smallest absolute Gasteiger partial charge is 0.121 e. The second kappa shape index (κ2) is 11.0. The molecule has 0 aromatic carbocycles. The minimum absolute atomic E-state index is 1.04. The molecule has 0 rings (SSSR count). The lowest BCUT2D eigenvalue weighted by molar-refractivity contribution is 0.556. The summed E-state index contributed by atoms with van der Waals surface area (Å²) in [6.45, 7) is 7.26. The fraction of sp³-hybridized carbons (Fsp3) is 1.00. The van der Waals surface area contributed by atoms with Crippen LogP contribution in [0.15, 0.2) is 0 Å². The van der Waals surface area contributed by atoms with E-state index in [1.54, 1.807) is 0 Å². The molecule has 0 saturated carbocycles. The van der Waals surface area contributed by atoms with Crippen LogP contribution in [-0.4, -0.2) is 26.9 Å². The van der Waals surface area contributed by atoms with Gasteiger partial charge in [-0.1, -0.05) is 84.2 Å². The van der Waals surface area contributed by atoms with E-state index in [0.717, 1.165) is 0 Å². The second-order valence-electron chi connectivity index (χ2n) is 6.64. The predicted octanol–water partition coefficient (Wildman–Crippen LogP) is 5.67. The van der Waals surface area contributed by atoms with E-state index in [-0.39, 0.29) is 0 Å². The molecule has 0 fully saturated rings. The van der Waals surface area contributed by atoms with Crippen molar-refractivity contribution in [2.24, 2.45) is 0 Å². The van der Waals surface area contributed by atoms with Crippen LogP contribution in [0.1, 0.15) is 71.1 Å². The van der Waals surface area contributed by atoms with E-state index >= 15 is 0 Å². The molecule has 0 unspecified atom stereocenters. The number of hydrogen-bond donors (Lipinski definition) is 0. The van der Waals surface area contributed by atoms with Gasteiger partial charge >= 0.3 is 0 Å². The first-order valence-electron chi connectivity index (χ1n) is 8.18. The van der Waals surface area contributed by atoms with Crippen molar-refractivity contribution in [3.63, 3.8) is 0 Å². The highest BCUT2D eigenvalue weighted by Gasteiger charge is 2.22. The van der Waals surface area contributed by atoms with Crippen molar-refractivity contribution in [1.82, 2.24) is 4.57 Å². The lowest BCUT2D eigenvalue weighted by atomic mass is 10.1. The summed E-state index contributed by atoms with van der Waals surface area (Å²) in [5, 5.41) is 0. The van der Waals surface area contributed by atoms with Gasteiger partial charge in [0.25, 0.3) is 0 Å². The van der Waals surface area contributed by atoms with E-state index in [9.17, 15) is 0 Å². The molecule has 18 heavy (non-hydrogen) atoms. The van der Waals surface area contributed by atoms with Crippen molar-refractivity contribution in [1.29, 1.82) is 0 Å². The van der Waals surface area contributed by atoms with Crippen LogP contribution in [0, 0.1) is 0 Å². The van der Waals surface area contributed by atoms with E-state index in [1.165, 1.54) is 70.3 Å². The Kier molecular flexibility index (Phi) is 11.1. The Morgan fingerprint density at radius 2 is 1.06 bits per heavy atom. The van der Waals surface area contributed by atoms with Crippen molar-refractivity contribution < 1.29 is 0 Å². The van der Waals surface area contributed by atoms with Crippen molar-refractivity contribution in [2.75, 3.05) is 14.1 Å². The van der Waals surface area contributed by atoms with Gasteiger partial charge in [-0.25, -0.2) is 0 Å². The van der Waals surface area contributed by atoms with Gasteiger partial charge in [0, 0.05) is 0 Å². The van der Waals surface area contributed by atoms with E-state index < -0.39 is 8.24 Å². The predicted molar refractivity (Wildman–Crippen MR) is 87.8 cm³/mol. The Morgan fingerprint density at radius 1 is 0.667 bits per heavy atom. The van der Waals surface area contributed by atoms with Crippen LogP contribution in [0.25, 0.3) is 0 Å². The molecule has 2 heteroatoms. The summed E-state index contributed by atoms with van der Waals surface area (Å²) in [5.74, 6) is 0. The van der Waals surface area contributed by atoms with E-state index in [2.05, 4.69) is 38.7 Å². The van der Waals surface area contributed by atoms with Crippen LogP contribution in [0.2, 0.25) is 19.1 Å². The molecule has 0 radical (unpaired) electrons. The molecule has 0 amide bonds. The van der Waals surface area contributed by atoms with E-state index in [4.69, 9.17) is 0 Å². The molecule has 110 valence electrons. The normalized spacial score (nSPS) is 12.3. The molecule has 0 aliphatic rings. The number of hydrogen-bond acceptors (Lipinski definition) is 1. The van der Waals surface area contributed by atoms with E-state index in [0.29, 0.717) is 0 Å². The second-order valence-corrected chi connectivity index (χ2v) is 11.7. The Bertz CT molecular complexity index is 178. The largest absolute Gasteiger partial charge is 0.329 e. The molecule has 0 aliphatic carbocycles. The average Bonchev–Trinajstić information content (AvgIpc) is 2.31. The molecule has 0 aromatic rings. The van der Waals surface area contributed by atoms with Crippen LogP contribution < -0.4 is 0 Å². The summed E-state index contributed by atoms with van der Waals surface area (Å²) in [4.78, 5) is 0. The summed E-state index contributed by atoms with van der Waals surface area (Å²) in [6, 6.07) is 1.47. The average molecular weight is 272 g/mol. The van der Waals surface area contributed by atoms with Gasteiger partial charge in [-0.3, -0.25) is 0 Å².